The maximum absolute atomic E-state index is 13.6. The SMILES string of the molecule is CCCC12CC(C3CCC(C4CCC(c5ccc(-c6cc(F)c(F)c(F)c6)cc5)CC4)CC3)(C1)C2. The lowest BCUT2D eigenvalue weighted by molar-refractivity contribution is -0.246. The van der Waals surface area contributed by atoms with Crippen LogP contribution in [0.2, 0.25) is 0 Å². The topological polar surface area (TPSA) is 0 Å². The molecule has 0 radical (unpaired) electrons. The van der Waals surface area contributed by atoms with Crippen molar-refractivity contribution >= 4 is 0 Å². The Labute approximate surface area is 208 Å². The van der Waals surface area contributed by atoms with Crippen molar-refractivity contribution in [2.75, 3.05) is 0 Å². The molecule has 0 N–H and O–H groups in total. The van der Waals surface area contributed by atoms with Crippen molar-refractivity contribution in [2.24, 2.45) is 28.6 Å². The van der Waals surface area contributed by atoms with E-state index in [2.05, 4.69) is 19.1 Å². The quantitative estimate of drug-likeness (QED) is 0.361. The van der Waals surface area contributed by atoms with Gasteiger partial charge in [-0.15, -0.1) is 0 Å². The molecule has 5 fully saturated rings. The third-order valence-corrected chi connectivity index (χ3v) is 10.7. The first-order valence-corrected chi connectivity index (χ1v) is 14.2. The summed E-state index contributed by atoms with van der Waals surface area (Å²) in [6, 6.07) is 10.2. The van der Waals surface area contributed by atoms with Crippen LogP contribution in [-0.2, 0) is 0 Å². The first-order valence-electron chi connectivity index (χ1n) is 14.2. The molecular weight excluding hydrogens is 441 g/mol. The van der Waals surface area contributed by atoms with Crippen molar-refractivity contribution < 1.29 is 13.2 Å². The van der Waals surface area contributed by atoms with Gasteiger partial charge in [0.2, 0.25) is 0 Å². The fourth-order valence-corrected chi connectivity index (χ4v) is 9.11. The van der Waals surface area contributed by atoms with E-state index in [1.54, 1.807) is 19.3 Å². The van der Waals surface area contributed by atoms with Crippen LogP contribution in [0.3, 0.4) is 0 Å². The highest BCUT2D eigenvalue weighted by molar-refractivity contribution is 5.64. The Balaban J connectivity index is 0.996. The van der Waals surface area contributed by atoms with Crippen molar-refractivity contribution in [1.29, 1.82) is 0 Å². The average Bonchev–Trinajstić information content (AvgIpc) is 2.84. The number of hydrogen-bond donors (Lipinski definition) is 0. The summed E-state index contributed by atoms with van der Waals surface area (Å²) in [4.78, 5) is 0. The Hall–Kier alpha value is -1.77. The number of halogens is 3. The summed E-state index contributed by atoms with van der Waals surface area (Å²) in [5, 5.41) is 0. The first kappa shape index (κ1) is 23.6. The van der Waals surface area contributed by atoms with Crippen LogP contribution in [0, 0.1) is 46.0 Å². The minimum absolute atomic E-state index is 0.381. The van der Waals surface area contributed by atoms with E-state index in [0.29, 0.717) is 11.5 Å². The molecule has 5 aliphatic rings. The zero-order valence-electron chi connectivity index (χ0n) is 21.1. The van der Waals surface area contributed by atoms with E-state index in [0.717, 1.165) is 46.3 Å². The highest BCUT2D eigenvalue weighted by atomic mass is 19.2. The van der Waals surface area contributed by atoms with E-state index in [1.165, 1.54) is 69.8 Å². The Morgan fingerprint density at radius 2 is 1.26 bits per heavy atom. The molecule has 2 aromatic carbocycles. The summed E-state index contributed by atoms with van der Waals surface area (Å²) in [7, 11) is 0. The molecule has 0 nitrogen and oxygen atoms in total. The average molecular weight is 481 g/mol. The van der Waals surface area contributed by atoms with Gasteiger partial charge in [0.05, 0.1) is 0 Å². The highest BCUT2D eigenvalue weighted by Gasteiger charge is 2.68. The summed E-state index contributed by atoms with van der Waals surface area (Å²) in [6.45, 7) is 2.35. The van der Waals surface area contributed by atoms with Crippen LogP contribution in [0.4, 0.5) is 13.2 Å². The molecule has 2 aromatic rings. The van der Waals surface area contributed by atoms with Crippen molar-refractivity contribution in [3.05, 3.63) is 59.4 Å². The Morgan fingerprint density at radius 1 is 0.714 bits per heavy atom. The van der Waals surface area contributed by atoms with Crippen molar-refractivity contribution in [1.82, 2.24) is 0 Å². The van der Waals surface area contributed by atoms with Crippen LogP contribution < -0.4 is 0 Å². The predicted octanol–water partition coefficient (Wildman–Crippen LogP) is 9.82. The number of benzene rings is 2. The molecule has 0 spiro atoms. The molecular formula is C32H39F3. The van der Waals surface area contributed by atoms with Gasteiger partial charge in [0, 0.05) is 0 Å². The van der Waals surface area contributed by atoms with Crippen LogP contribution in [-0.4, -0.2) is 0 Å². The van der Waals surface area contributed by atoms with Gasteiger partial charge in [-0.3, -0.25) is 0 Å². The van der Waals surface area contributed by atoms with Crippen molar-refractivity contribution in [3.63, 3.8) is 0 Å². The molecule has 7 rings (SSSR count). The smallest absolute Gasteiger partial charge is 0.194 e. The molecule has 35 heavy (non-hydrogen) atoms. The molecule has 0 unspecified atom stereocenters. The number of rotatable bonds is 6. The molecule has 0 saturated heterocycles. The first-order chi connectivity index (χ1) is 16.9. The van der Waals surface area contributed by atoms with Crippen LogP contribution in [0.5, 0.6) is 0 Å². The fraction of sp³-hybridized carbons (Fsp3) is 0.625. The van der Waals surface area contributed by atoms with Crippen LogP contribution >= 0.6 is 0 Å². The highest BCUT2D eigenvalue weighted by Crippen LogP contribution is 2.79. The van der Waals surface area contributed by atoms with Gasteiger partial charge in [-0.2, -0.15) is 0 Å². The van der Waals surface area contributed by atoms with Crippen LogP contribution in [0.1, 0.15) is 102 Å². The van der Waals surface area contributed by atoms with E-state index in [1.807, 2.05) is 12.1 Å². The molecule has 3 heteroatoms. The summed E-state index contributed by atoms with van der Waals surface area (Å²) in [6.07, 6.45) is 18.5. The zero-order chi connectivity index (χ0) is 24.2. The van der Waals surface area contributed by atoms with Gasteiger partial charge >= 0.3 is 0 Å². The molecule has 0 heterocycles. The lowest BCUT2D eigenvalue weighted by Gasteiger charge is -2.75. The second-order valence-electron chi connectivity index (χ2n) is 12.7. The zero-order valence-corrected chi connectivity index (χ0v) is 21.1. The summed E-state index contributed by atoms with van der Waals surface area (Å²) >= 11 is 0. The van der Waals surface area contributed by atoms with Gasteiger partial charge < -0.3 is 0 Å². The summed E-state index contributed by atoms with van der Waals surface area (Å²) < 4.78 is 40.5. The predicted molar refractivity (Wildman–Crippen MR) is 136 cm³/mol. The molecule has 5 saturated carbocycles. The molecule has 0 atom stereocenters. The summed E-state index contributed by atoms with van der Waals surface area (Å²) in [5.74, 6) is -0.243. The lowest BCUT2D eigenvalue weighted by Crippen LogP contribution is -2.65. The minimum Gasteiger partial charge on any atom is -0.204 e. The van der Waals surface area contributed by atoms with Gasteiger partial charge in [0.15, 0.2) is 17.5 Å². The monoisotopic (exact) mass is 480 g/mol. The third-order valence-electron chi connectivity index (χ3n) is 10.7. The van der Waals surface area contributed by atoms with Crippen LogP contribution in [0.15, 0.2) is 36.4 Å². The fourth-order valence-electron chi connectivity index (χ4n) is 9.11. The Morgan fingerprint density at radius 3 is 1.80 bits per heavy atom. The van der Waals surface area contributed by atoms with Gasteiger partial charge in [-0.25, -0.2) is 13.2 Å². The standard InChI is InChI=1S/C32H39F3/c1-2-15-31-18-32(19-31,20-31)27-13-11-24(12-14-27)23-5-3-21(4-6-23)22-7-9-25(10-8-22)26-16-28(33)30(35)29(34)17-26/h7-10,16-17,21,23-24,27H,2-6,11-15,18-20H2,1H3. The molecule has 5 aliphatic carbocycles. The van der Waals surface area contributed by atoms with Gasteiger partial charge in [-0.05, 0) is 140 Å². The molecule has 2 bridgehead atoms. The minimum atomic E-state index is -1.41. The van der Waals surface area contributed by atoms with Gasteiger partial charge in [-0.1, -0.05) is 37.6 Å². The Kier molecular flexibility index (Phi) is 6.05. The molecule has 188 valence electrons. The largest absolute Gasteiger partial charge is 0.204 e. The summed E-state index contributed by atoms with van der Waals surface area (Å²) in [5.41, 5.74) is 3.99. The van der Waals surface area contributed by atoms with E-state index in [4.69, 9.17) is 0 Å². The maximum atomic E-state index is 13.6. The molecule has 0 aliphatic heterocycles. The van der Waals surface area contributed by atoms with E-state index in [-0.39, 0.29) is 0 Å². The van der Waals surface area contributed by atoms with Gasteiger partial charge in [0.25, 0.3) is 0 Å². The third kappa shape index (κ3) is 4.15. The van der Waals surface area contributed by atoms with E-state index < -0.39 is 17.5 Å². The van der Waals surface area contributed by atoms with Crippen molar-refractivity contribution in [2.45, 2.75) is 96.3 Å². The molecule has 0 amide bonds. The van der Waals surface area contributed by atoms with E-state index >= 15 is 0 Å². The second-order valence-corrected chi connectivity index (χ2v) is 12.7. The van der Waals surface area contributed by atoms with Gasteiger partial charge in [0.1, 0.15) is 0 Å². The maximum Gasteiger partial charge on any atom is 0.194 e. The molecule has 0 aromatic heterocycles. The normalized spacial score (nSPS) is 36.3. The number of hydrogen-bond acceptors (Lipinski definition) is 0. The lowest BCUT2D eigenvalue weighted by atomic mass is 9.30. The van der Waals surface area contributed by atoms with Crippen molar-refractivity contribution in [3.8, 4) is 11.1 Å². The van der Waals surface area contributed by atoms with Crippen LogP contribution in [0.25, 0.3) is 11.1 Å². The van der Waals surface area contributed by atoms with E-state index in [9.17, 15) is 13.2 Å². The second kappa shape index (κ2) is 8.96. The Bertz CT molecular complexity index is 1010.